The van der Waals surface area contributed by atoms with Gasteiger partial charge in [0.15, 0.2) is 11.9 Å². The normalized spacial score (nSPS) is 13.6. The van der Waals surface area contributed by atoms with Gasteiger partial charge in [-0.05, 0) is 26.0 Å². The van der Waals surface area contributed by atoms with E-state index in [-0.39, 0.29) is 11.6 Å². The van der Waals surface area contributed by atoms with Crippen LogP contribution in [0.3, 0.4) is 0 Å². The smallest absolute Gasteiger partial charge is 0.342 e. The van der Waals surface area contributed by atoms with Crippen molar-refractivity contribution >= 4 is 0 Å². The molecule has 0 aliphatic heterocycles. The van der Waals surface area contributed by atoms with Crippen molar-refractivity contribution in [3.05, 3.63) is 17.8 Å². The van der Waals surface area contributed by atoms with Crippen LogP contribution in [0, 0.1) is 6.92 Å². The van der Waals surface area contributed by atoms with E-state index < -0.39 is 18.5 Å². The fraction of sp³-hybridized carbons (Fsp3) is 0.545. The van der Waals surface area contributed by atoms with Crippen molar-refractivity contribution in [2.24, 2.45) is 0 Å². The average molecular weight is 267 g/mol. The molecule has 1 unspecified atom stereocenters. The van der Waals surface area contributed by atoms with Gasteiger partial charge in [-0.25, -0.2) is 13.8 Å². The summed E-state index contributed by atoms with van der Waals surface area (Å²) in [4.78, 5) is 3.89. The first-order chi connectivity index (χ1) is 8.28. The van der Waals surface area contributed by atoms with E-state index in [0.29, 0.717) is 5.69 Å². The molecule has 0 bridgehead atoms. The van der Waals surface area contributed by atoms with Gasteiger partial charge in [0.25, 0.3) is 5.88 Å². The number of pyridine rings is 1. The highest BCUT2D eigenvalue weighted by atomic mass is 19.3. The fourth-order valence-electron chi connectivity index (χ4n) is 1.20. The van der Waals surface area contributed by atoms with E-state index in [0.717, 1.165) is 6.92 Å². The summed E-state index contributed by atoms with van der Waals surface area (Å²) in [5, 5.41) is 0. The van der Waals surface area contributed by atoms with Crippen LogP contribution in [-0.2, 0) is 0 Å². The van der Waals surface area contributed by atoms with Crippen LogP contribution in [0.15, 0.2) is 12.1 Å². The standard InChI is InChI=1S/C11H13F4NO2/c1-6-4-5-8(9(16-6)17-3)18-7(2)11(14,15)10(12)13/h4-5,7,10H,1-3H3. The first-order valence-electron chi connectivity index (χ1n) is 5.13. The molecule has 0 fully saturated rings. The highest BCUT2D eigenvalue weighted by molar-refractivity contribution is 5.34. The second kappa shape index (κ2) is 5.41. The number of aromatic nitrogens is 1. The molecule has 0 saturated heterocycles. The zero-order valence-corrected chi connectivity index (χ0v) is 10.1. The molecule has 7 heteroatoms. The van der Waals surface area contributed by atoms with Crippen molar-refractivity contribution in [2.75, 3.05) is 7.11 Å². The summed E-state index contributed by atoms with van der Waals surface area (Å²) in [6, 6.07) is 2.85. The van der Waals surface area contributed by atoms with Crippen LogP contribution >= 0.6 is 0 Å². The number of rotatable bonds is 5. The van der Waals surface area contributed by atoms with Crippen LogP contribution in [-0.4, -0.2) is 30.5 Å². The number of ether oxygens (including phenoxy) is 2. The minimum Gasteiger partial charge on any atom is -0.479 e. The third-order valence-corrected chi connectivity index (χ3v) is 2.29. The Morgan fingerprint density at radius 2 is 1.89 bits per heavy atom. The molecule has 1 aromatic heterocycles. The Morgan fingerprint density at radius 1 is 1.28 bits per heavy atom. The van der Waals surface area contributed by atoms with Gasteiger partial charge in [-0.2, -0.15) is 8.78 Å². The molecule has 102 valence electrons. The molecule has 0 radical (unpaired) electrons. The molecule has 0 spiro atoms. The number of hydrogen-bond donors (Lipinski definition) is 0. The summed E-state index contributed by atoms with van der Waals surface area (Å²) in [6.07, 6.45) is -5.78. The van der Waals surface area contributed by atoms with Gasteiger partial charge in [0.05, 0.1) is 7.11 Å². The molecule has 1 heterocycles. The van der Waals surface area contributed by atoms with Gasteiger partial charge in [-0.15, -0.1) is 0 Å². The van der Waals surface area contributed by atoms with E-state index in [1.165, 1.54) is 19.2 Å². The van der Waals surface area contributed by atoms with Crippen molar-refractivity contribution in [1.29, 1.82) is 0 Å². The zero-order valence-electron chi connectivity index (χ0n) is 10.1. The highest BCUT2D eigenvalue weighted by Crippen LogP contribution is 2.32. The van der Waals surface area contributed by atoms with Crippen LogP contribution in [0.25, 0.3) is 0 Å². The Labute approximate surface area is 102 Å². The van der Waals surface area contributed by atoms with Gasteiger partial charge in [0, 0.05) is 5.69 Å². The zero-order chi connectivity index (χ0) is 13.9. The van der Waals surface area contributed by atoms with Crippen LogP contribution in [0.1, 0.15) is 12.6 Å². The van der Waals surface area contributed by atoms with Crippen molar-refractivity contribution in [3.8, 4) is 11.6 Å². The molecule has 1 aromatic rings. The largest absolute Gasteiger partial charge is 0.479 e. The van der Waals surface area contributed by atoms with E-state index in [1.807, 2.05) is 0 Å². The van der Waals surface area contributed by atoms with E-state index in [9.17, 15) is 17.6 Å². The predicted molar refractivity (Wildman–Crippen MR) is 56.6 cm³/mol. The Bertz CT molecular complexity index is 412. The molecule has 0 N–H and O–H groups in total. The molecule has 0 aliphatic carbocycles. The number of methoxy groups -OCH3 is 1. The Balaban J connectivity index is 2.91. The average Bonchev–Trinajstić information content (AvgIpc) is 2.30. The predicted octanol–water partition coefficient (Wildman–Crippen LogP) is 3.07. The van der Waals surface area contributed by atoms with Gasteiger partial charge >= 0.3 is 12.3 Å². The Hall–Kier alpha value is -1.53. The van der Waals surface area contributed by atoms with E-state index in [1.54, 1.807) is 6.92 Å². The molecule has 18 heavy (non-hydrogen) atoms. The number of halogens is 4. The minimum atomic E-state index is -4.24. The van der Waals surface area contributed by atoms with Gasteiger partial charge in [0.2, 0.25) is 0 Å². The monoisotopic (exact) mass is 267 g/mol. The number of nitrogens with zero attached hydrogens (tertiary/aromatic N) is 1. The first-order valence-corrected chi connectivity index (χ1v) is 5.13. The molecule has 0 amide bonds. The number of alkyl halides is 4. The molecule has 3 nitrogen and oxygen atoms in total. The van der Waals surface area contributed by atoms with E-state index in [2.05, 4.69) is 4.98 Å². The number of hydrogen-bond acceptors (Lipinski definition) is 3. The summed E-state index contributed by atoms with van der Waals surface area (Å²) in [6.45, 7) is 2.54. The maximum Gasteiger partial charge on any atom is 0.342 e. The van der Waals surface area contributed by atoms with Gasteiger partial charge in [-0.1, -0.05) is 0 Å². The molecule has 1 atom stereocenters. The molecule has 0 saturated carbocycles. The maximum atomic E-state index is 13.0. The van der Waals surface area contributed by atoms with Gasteiger partial charge < -0.3 is 9.47 Å². The van der Waals surface area contributed by atoms with E-state index >= 15 is 0 Å². The maximum absolute atomic E-state index is 13.0. The molecular weight excluding hydrogens is 254 g/mol. The first kappa shape index (κ1) is 14.5. The third-order valence-electron chi connectivity index (χ3n) is 2.29. The quantitative estimate of drug-likeness (QED) is 0.768. The molecule has 0 aliphatic rings. The lowest BCUT2D eigenvalue weighted by molar-refractivity contribution is -0.178. The summed E-state index contributed by atoms with van der Waals surface area (Å²) < 4.78 is 59.9. The highest BCUT2D eigenvalue weighted by Gasteiger charge is 2.48. The topological polar surface area (TPSA) is 31.4 Å². The van der Waals surface area contributed by atoms with Crippen molar-refractivity contribution in [2.45, 2.75) is 32.3 Å². The van der Waals surface area contributed by atoms with Crippen molar-refractivity contribution < 1.29 is 27.0 Å². The van der Waals surface area contributed by atoms with Crippen LogP contribution in [0.5, 0.6) is 11.6 Å². The SMILES string of the molecule is COc1nc(C)ccc1OC(C)C(F)(F)C(F)F. The lowest BCUT2D eigenvalue weighted by atomic mass is 10.2. The summed E-state index contributed by atoms with van der Waals surface area (Å²) in [5.74, 6) is -4.36. The van der Waals surface area contributed by atoms with E-state index in [4.69, 9.17) is 9.47 Å². The van der Waals surface area contributed by atoms with Crippen molar-refractivity contribution in [1.82, 2.24) is 4.98 Å². The summed E-state index contributed by atoms with van der Waals surface area (Å²) in [7, 11) is 1.28. The lowest BCUT2D eigenvalue weighted by Gasteiger charge is -2.24. The van der Waals surface area contributed by atoms with Gasteiger partial charge in [0.1, 0.15) is 0 Å². The Morgan fingerprint density at radius 3 is 2.39 bits per heavy atom. The Kier molecular flexibility index (Phi) is 4.37. The second-order valence-electron chi connectivity index (χ2n) is 3.70. The van der Waals surface area contributed by atoms with Crippen LogP contribution in [0.4, 0.5) is 17.6 Å². The second-order valence-corrected chi connectivity index (χ2v) is 3.70. The van der Waals surface area contributed by atoms with Gasteiger partial charge in [-0.3, -0.25) is 0 Å². The molecule has 1 rings (SSSR count). The summed E-state index contributed by atoms with van der Waals surface area (Å²) >= 11 is 0. The van der Waals surface area contributed by atoms with Crippen molar-refractivity contribution in [3.63, 3.8) is 0 Å². The lowest BCUT2D eigenvalue weighted by Crippen LogP contribution is -2.42. The molecular formula is C11H13F4NO2. The third kappa shape index (κ3) is 3.02. The number of aryl methyl sites for hydroxylation is 1. The molecule has 0 aromatic carbocycles. The minimum absolute atomic E-state index is 0.0214. The fourth-order valence-corrected chi connectivity index (χ4v) is 1.20. The van der Waals surface area contributed by atoms with Crippen LogP contribution in [0.2, 0.25) is 0 Å². The van der Waals surface area contributed by atoms with Crippen LogP contribution < -0.4 is 9.47 Å². The summed E-state index contributed by atoms with van der Waals surface area (Å²) in [5.41, 5.74) is 0.590.